The van der Waals surface area contributed by atoms with Gasteiger partial charge in [-0.05, 0) is 86.3 Å². The van der Waals surface area contributed by atoms with Crippen LogP contribution in [-0.4, -0.2) is 27.0 Å². The first kappa shape index (κ1) is 25.9. The number of carboxylic acids is 1. The minimum Gasteiger partial charge on any atom is -0.481 e. The van der Waals surface area contributed by atoms with Crippen LogP contribution in [0.2, 0.25) is 0 Å². The second-order valence-corrected chi connectivity index (χ2v) is 9.11. The van der Waals surface area contributed by atoms with Gasteiger partial charge in [-0.2, -0.15) is 0 Å². The molecule has 1 aromatic heterocycles. The second kappa shape index (κ2) is 11.2. The summed E-state index contributed by atoms with van der Waals surface area (Å²) in [6, 6.07) is 16.6. The average Bonchev–Trinajstić information content (AvgIpc) is 2.88. The molecule has 2 atom stereocenters. The van der Waals surface area contributed by atoms with Crippen LogP contribution in [0.1, 0.15) is 54.3 Å². The van der Waals surface area contributed by atoms with Gasteiger partial charge >= 0.3 is 5.97 Å². The minimum atomic E-state index is -0.853. The van der Waals surface area contributed by atoms with Crippen LogP contribution >= 0.6 is 0 Å². The lowest BCUT2D eigenvalue weighted by atomic mass is 10.0. The predicted octanol–water partition coefficient (Wildman–Crippen LogP) is 6.11. The number of amides is 1. The first-order chi connectivity index (χ1) is 17.7. The van der Waals surface area contributed by atoms with Gasteiger partial charge in [-0.1, -0.05) is 19.1 Å². The van der Waals surface area contributed by atoms with Gasteiger partial charge in [0.2, 0.25) is 0 Å². The molecule has 0 saturated carbocycles. The fourth-order valence-corrected chi connectivity index (χ4v) is 4.06. The Labute approximate surface area is 213 Å². The summed E-state index contributed by atoms with van der Waals surface area (Å²) >= 11 is 0. The third kappa shape index (κ3) is 6.33. The molecule has 0 aliphatic rings. The number of carboxylic acid groups (broad SMARTS) is 1. The van der Waals surface area contributed by atoms with E-state index in [1.165, 1.54) is 24.3 Å². The number of benzene rings is 3. The molecule has 4 rings (SSSR count). The number of hydrogen-bond acceptors (Lipinski definition) is 4. The maximum absolute atomic E-state index is 13.5. The number of halogens is 2. The number of nitrogens with one attached hydrogen (secondary N) is 1. The molecule has 0 saturated heterocycles. The van der Waals surface area contributed by atoms with Crippen LogP contribution < -0.4 is 5.32 Å². The van der Waals surface area contributed by atoms with E-state index in [2.05, 4.69) is 5.32 Å². The van der Waals surface area contributed by atoms with Crippen molar-refractivity contribution in [2.24, 2.45) is 5.92 Å². The fourth-order valence-electron chi connectivity index (χ4n) is 4.06. The molecule has 1 heterocycles. The number of carbonyl (C=O) groups excluding carboxylic acids is 1. The van der Waals surface area contributed by atoms with Crippen LogP contribution in [0.25, 0.3) is 22.3 Å². The normalized spacial score (nSPS) is 12.8. The molecule has 0 fully saturated rings. The Morgan fingerprint density at radius 2 is 1.54 bits per heavy atom. The molecule has 0 aliphatic heterocycles. The Hall–Kier alpha value is -4.20. The lowest BCUT2D eigenvalue weighted by molar-refractivity contribution is -0.141. The maximum atomic E-state index is 13.5. The molecule has 6 nitrogen and oxygen atoms in total. The van der Waals surface area contributed by atoms with E-state index in [1.807, 2.05) is 6.92 Å². The van der Waals surface area contributed by atoms with Crippen LogP contribution in [0.15, 0.2) is 66.7 Å². The molecular formula is C29H27F2N3O3. The molecule has 0 unspecified atom stereocenters. The van der Waals surface area contributed by atoms with Gasteiger partial charge in [0.1, 0.15) is 11.6 Å². The molecule has 37 heavy (non-hydrogen) atoms. The number of rotatable bonds is 9. The summed E-state index contributed by atoms with van der Waals surface area (Å²) in [6.45, 7) is 3.48. The van der Waals surface area contributed by atoms with Crippen molar-refractivity contribution in [1.29, 1.82) is 0 Å². The molecule has 8 heteroatoms. The summed E-state index contributed by atoms with van der Waals surface area (Å²) in [5.41, 5.74) is 4.21. The third-order valence-electron chi connectivity index (χ3n) is 6.31. The Morgan fingerprint density at radius 1 is 0.892 bits per heavy atom. The van der Waals surface area contributed by atoms with Gasteiger partial charge < -0.3 is 10.4 Å². The van der Waals surface area contributed by atoms with Crippen molar-refractivity contribution in [2.45, 2.75) is 39.2 Å². The SMILES string of the molecule is C[C@@H](CCCc1nc2cc(C(=O)N[C@H](C)c3ccc(F)cc3)ccc2nc1-c1ccc(F)cc1)C(=O)O. The molecular weight excluding hydrogens is 476 g/mol. The topological polar surface area (TPSA) is 92.2 Å². The van der Waals surface area contributed by atoms with Crippen molar-refractivity contribution >= 4 is 22.9 Å². The summed E-state index contributed by atoms with van der Waals surface area (Å²) in [5.74, 6) is -2.35. The van der Waals surface area contributed by atoms with Crippen LogP contribution in [0.5, 0.6) is 0 Å². The standard InChI is InChI=1S/C29H27F2N3O3/c1-17(29(36)37)4-3-5-25-27(20-8-13-23(31)14-9-20)34-24-15-10-21(16-26(24)33-25)28(35)32-18(2)19-6-11-22(30)12-7-19/h6-18H,3-5H2,1-2H3,(H,32,35)(H,36,37)/t17-,18+/m0/s1. The van der Waals surface area contributed by atoms with Gasteiger partial charge in [0, 0.05) is 11.1 Å². The minimum absolute atomic E-state index is 0.306. The predicted molar refractivity (Wildman–Crippen MR) is 137 cm³/mol. The second-order valence-electron chi connectivity index (χ2n) is 9.11. The van der Waals surface area contributed by atoms with E-state index >= 15 is 0 Å². The molecule has 3 aromatic carbocycles. The monoisotopic (exact) mass is 503 g/mol. The number of aliphatic carboxylic acids is 1. The highest BCUT2D eigenvalue weighted by Crippen LogP contribution is 2.26. The van der Waals surface area contributed by atoms with E-state index in [-0.39, 0.29) is 23.6 Å². The van der Waals surface area contributed by atoms with Crippen LogP contribution in [0.3, 0.4) is 0 Å². The van der Waals surface area contributed by atoms with Crippen molar-refractivity contribution < 1.29 is 23.5 Å². The van der Waals surface area contributed by atoms with Crippen LogP contribution in [-0.2, 0) is 11.2 Å². The maximum Gasteiger partial charge on any atom is 0.306 e. The van der Waals surface area contributed by atoms with Gasteiger partial charge in [-0.25, -0.2) is 18.7 Å². The van der Waals surface area contributed by atoms with E-state index in [0.717, 1.165) is 5.56 Å². The molecule has 1 amide bonds. The molecule has 190 valence electrons. The van der Waals surface area contributed by atoms with Crippen LogP contribution in [0.4, 0.5) is 8.78 Å². The molecule has 0 aliphatic carbocycles. The number of aromatic nitrogens is 2. The van der Waals surface area contributed by atoms with E-state index in [9.17, 15) is 23.5 Å². The highest BCUT2D eigenvalue weighted by Gasteiger charge is 2.17. The van der Waals surface area contributed by atoms with Gasteiger partial charge in [-0.3, -0.25) is 9.59 Å². The smallest absolute Gasteiger partial charge is 0.306 e. The number of hydrogen-bond donors (Lipinski definition) is 2. The summed E-state index contributed by atoms with van der Waals surface area (Å²) in [4.78, 5) is 33.7. The first-order valence-corrected chi connectivity index (χ1v) is 12.1. The zero-order valence-electron chi connectivity index (χ0n) is 20.5. The fraction of sp³-hybridized carbons (Fsp3) is 0.241. The molecule has 2 N–H and O–H groups in total. The van der Waals surface area contributed by atoms with Crippen molar-refractivity contribution in [1.82, 2.24) is 15.3 Å². The van der Waals surface area contributed by atoms with Gasteiger partial charge in [0.15, 0.2) is 0 Å². The van der Waals surface area contributed by atoms with Gasteiger partial charge in [0.05, 0.1) is 34.4 Å². The Bertz CT molecular complexity index is 1420. The van der Waals surface area contributed by atoms with Crippen molar-refractivity contribution in [3.63, 3.8) is 0 Å². The molecule has 0 spiro atoms. The number of carbonyl (C=O) groups is 2. The van der Waals surface area contributed by atoms with Gasteiger partial charge in [-0.15, -0.1) is 0 Å². The first-order valence-electron chi connectivity index (χ1n) is 12.1. The highest BCUT2D eigenvalue weighted by atomic mass is 19.1. The Morgan fingerprint density at radius 3 is 2.19 bits per heavy atom. The summed E-state index contributed by atoms with van der Waals surface area (Å²) in [5, 5.41) is 12.1. The third-order valence-corrected chi connectivity index (χ3v) is 6.31. The van der Waals surface area contributed by atoms with Crippen LogP contribution in [0, 0.1) is 17.6 Å². The van der Waals surface area contributed by atoms with E-state index in [4.69, 9.17) is 9.97 Å². The number of fused-ring (bicyclic) bond motifs is 1. The average molecular weight is 504 g/mol. The lowest BCUT2D eigenvalue weighted by Gasteiger charge is -2.15. The largest absolute Gasteiger partial charge is 0.481 e. The Kier molecular flexibility index (Phi) is 7.86. The highest BCUT2D eigenvalue weighted by molar-refractivity contribution is 5.97. The molecule has 4 aromatic rings. The summed E-state index contributed by atoms with van der Waals surface area (Å²) in [7, 11) is 0. The van der Waals surface area contributed by atoms with Crippen molar-refractivity contribution in [3.05, 3.63) is 95.2 Å². The van der Waals surface area contributed by atoms with Crippen molar-refractivity contribution in [3.8, 4) is 11.3 Å². The van der Waals surface area contributed by atoms with E-state index in [0.29, 0.717) is 52.8 Å². The summed E-state index contributed by atoms with van der Waals surface area (Å²) in [6.07, 6.45) is 1.53. The van der Waals surface area contributed by atoms with E-state index in [1.54, 1.807) is 49.4 Å². The molecule has 0 bridgehead atoms. The van der Waals surface area contributed by atoms with Crippen molar-refractivity contribution in [2.75, 3.05) is 0 Å². The zero-order valence-corrected chi connectivity index (χ0v) is 20.5. The Balaban J connectivity index is 1.63. The van der Waals surface area contributed by atoms with Gasteiger partial charge in [0.25, 0.3) is 5.91 Å². The van der Waals surface area contributed by atoms with E-state index < -0.39 is 11.9 Å². The summed E-state index contributed by atoms with van der Waals surface area (Å²) < 4.78 is 26.7. The zero-order chi connectivity index (χ0) is 26.5. The quantitative estimate of drug-likeness (QED) is 0.288. The lowest BCUT2D eigenvalue weighted by Crippen LogP contribution is -2.26. The number of aryl methyl sites for hydroxylation is 1. The number of nitrogens with zero attached hydrogens (tertiary/aromatic N) is 2. The molecule has 0 radical (unpaired) electrons.